The third kappa shape index (κ3) is 9.77. The van der Waals surface area contributed by atoms with Crippen molar-refractivity contribution in [2.45, 2.75) is 19.9 Å². The molecule has 0 radical (unpaired) electrons. The Balaban J connectivity index is 0.00000544. The smallest absolute Gasteiger partial charge is 0.372 e. The highest BCUT2D eigenvalue weighted by Gasteiger charge is 2.16. The summed E-state index contributed by atoms with van der Waals surface area (Å²) in [5.74, 6) is 2.12. The van der Waals surface area contributed by atoms with E-state index in [0.717, 1.165) is 22.9 Å². The predicted molar refractivity (Wildman–Crippen MR) is 136 cm³/mol. The highest BCUT2D eigenvalue weighted by Crippen LogP contribution is 2.24. The van der Waals surface area contributed by atoms with Crippen molar-refractivity contribution in [3.63, 3.8) is 0 Å². The van der Waals surface area contributed by atoms with Crippen LogP contribution >= 0.6 is 24.2 Å². The van der Waals surface area contributed by atoms with Crippen LogP contribution in [0.4, 0.5) is 4.79 Å². The summed E-state index contributed by atoms with van der Waals surface area (Å²) in [7, 11) is 3.22. The summed E-state index contributed by atoms with van der Waals surface area (Å²) >= 11 is 0.998. The SMILES string of the molecule is COc1cc(C=Cc2ccc(OC(=O)SCCNC(=O)C(N)C(C)C)cc2)cc(OC)c1.Cl. The molecule has 2 rings (SSSR count). The zero-order valence-electron chi connectivity index (χ0n) is 19.2. The molecule has 180 valence electrons. The van der Waals surface area contributed by atoms with Crippen molar-refractivity contribution in [2.24, 2.45) is 11.7 Å². The average Bonchev–Trinajstić information content (AvgIpc) is 2.80. The van der Waals surface area contributed by atoms with E-state index in [2.05, 4.69) is 5.32 Å². The summed E-state index contributed by atoms with van der Waals surface area (Å²) in [6.07, 6.45) is 3.89. The van der Waals surface area contributed by atoms with Crippen molar-refractivity contribution in [2.75, 3.05) is 26.5 Å². The normalized spacial score (nSPS) is 11.6. The molecule has 3 N–H and O–H groups in total. The molecule has 2 aromatic carbocycles. The van der Waals surface area contributed by atoms with Gasteiger partial charge in [0.25, 0.3) is 0 Å². The number of halogens is 1. The number of amides is 1. The van der Waals surface area contributed by atoms with E-state index in [9.17, 15) is 9.59 Å². The third-order valence-electron chi connectivity index (χ3n) is 4.57. The van der Waals surface area contributed by atoms with Gasteiger partial charge in [-0.25, -0.2) is 4.79 Å². The molecule has 9 heteroatoms. The van der Waals surface area contributed by atoms with Crippen molar-refractivity contribution >= 4 is 47.5 Å². The zero-order chi connectivity index (χ0) is 23.5. The molecule has 7 nitrogen and oxygen atoms in total. The van der Waals surface area contributed by atoms with Gasteiger partial charge in [0.2, 0.25) is 5.91 Å². The van der Waals surface area contributed by atoms with E-state index in [1.165, 1.54) is 0 Å². The van der Waals surface area contributed by atoms with Crippen LogP contribution in [0, 0.1) is 5.92 Å². The Morgan fingerprint density at radius 1 is 0.970 bits per heavy atom. The first-order valence-corrected chi connectivity index (χ1v) is 11.2. The zero-order valence-corrected chi connectivity index (χ0v) is 20.8. The molecule has 0 saturated heterocycles. The Bertz CT molecular complexity index is 913. The number of rotatable bonds is 10. The molecular formula is C24H31ClN2O5S. The van der Waals surface area contributed by atoms with Crippen LogP contribution in [0.3, 0.4) is 0 Å². The molecule has 0 spiro atoms. The van der Waals surface area contributed by atoms with E-state index in [1.54, 1.807) is 26.4 Å². The number of nitrogens with two attached hydrogens (primary N) is 1. The van der Waals surface area contributed by atoms with Gasteiger partial charge in [-0.3, -0.25) is 4.79 Å². The molecule has 0 fully saturated rings. The molecule has 0 aliphatic carbocycles. The van der Waals surface area contributed by atoms with E-state index < -0.39 is 11.3 Å². The van der Waals surface area contributed by atoms with E-state index in [0.29, 0.717) is 29.5 Å². The molecular weight excluding hydrogens is 464 g/mol. The molecule has 1 atom stereocenters. The maximum absolute atomic E-state index is 12.0. The Labute approximate surface area is 205 Å². The van der Waals surface area contributed by atoms with Crippen LogP contribution in [0.1, 0.15) is 25.0 Å². The Hall–Kier alpha value is -2.68. The fourth-order valence-corrected chi connectivity index (χ4v) is 3.15. The lowest BCUT2D eigenvalue weighted by molar-refractivity contribution is -0.123. The largest absolute Gasteiger partial charge is 0.497 e. The van der Waals surface area contributed by atoms with Gasteiger partial charge in [0.05, 0.1) is 20.3 Å². The molecule has 0 aromatic heterocycles. The Morgan fingerprint density at radius 3 is 2.09 bits per heavy atom. The maximum Gasteiger partial charge on any atom is 0.372 e. The fraction of sp³-hybridized carbons (Fsp3) is 0.333. The molecule has 1 unspecified atom stereocenters. The highest BCUT2D eigenvalue weighted by molar-refractivity contribution is 8.13. The second kappa shape index (κ2) is 14.5. The lowest BCUT2D eigenvalue weighted by Gasteiger charge is -2.14. The van der Waals surface area contributed by atoms with Gasteiger partial charge in [0.15, 0.2) is 0 Å². The number of hydrogen-bond acceptors (Lipinski definition) is 7. The molecule has 0 aliphatic rings. The summed E-state index contributed by atoms with van der Waals surface area (Å²) < 4.78 is 15.9. The number of carbonyl (C=O) groups is 2. The number of carbonyl (C=O) groups excluding carboxylic acids is 2. The molecule has 0 bridgehead atoms. The Kier molecular flexibility index (Phi) is 12.4. The first-order chi connectivity index (χ1) is 15.3. The highest BCUT2D eigenvalue weighted by atomic mass is 35.5. The summed E-state index contributed by atoms with van der Waals surface area (Å²) in [4.78, 5) is 23.8. The van der Waals surface area contributed by atoms with Crippen molar-refractivity contribution in [3.8, 4) is 17.2 Å². The lowest BCUT2D eigenvalue weighted by Crippen LogP contribution is -2.44. The molecule has 0 aliphatic heterocycles. The average molecular weight is 495 g/mol. The summed E-state index contributed by atoms with van der Waals surface area (Å²) in [6, 6.07) is 12.2. The standard InChI is InChI=1S/C24H30N2O5S.ClH/c1-16(2)22(25)23(27)26-11-12-32-24(28)31-19-9-7-17(8-10-19)5-6-18-13-20(29-3)15-21(14-18)30-4;/h5-10,13-16,22H,11-12,25H2,1-4H3,(H,26,27);1H. The minimum atomic E-state index is -0.550. The van der Waals surface area contributed by atoms with E-state index >= 15 is 0 Å². The van der Waals surface area contributed by atoms with Crippen LogP contribution in [0.5, 0.6) is 17.2 Å². The Morgan fingerprint density at radius 2 is 1.55 bits per heavy atom. The van der Waals surface area contributed by atoms with Crippen molar-refractivity contribution in [3.05, 3.63) is 53.6 Å². The van der Waals surface area contributed by atoms with Crippen LogP contribution in [0.15, 0.2) is 42.5 Å². The van der Waals surface area contributed by atoms with Crippen LogP contribution in [0.25, 0.3) is 12.2 Å². The van der Waals surface area contributed by atoms with Gasteiger partial charge in [-0.15, -0.1) is 12.4 Å². The summed E-state index contributed by atoms with van der Waals surface area (Å²) in [5, 5.41) is 2.29. The molecule has 0 heterocycles. The lowest BCUT2D eigenvalue weighted by atomic mass is 10.1. The first-order valence-electron chi connectivity index (χ1n) is 10.2. The van der Waals surface area contributed by atoms with Crippen LogP contribution in [-0.4, -0.2) is 43.8 Å². The number of hydrogen-bond donors (Lipinski definition) is 2. The maximum atomic E-state index is 12.0. The van der Waals surface area contributed by atoms with Crippen LogP contribution < -0.4 is 25.3 Å². The summed E-state index contributed by atoms with van der Waals surface area (Å²) in [5.41, 5.74) is 7.66. The summed E-state index contributed by atoms with van der Waals surface area (Å²) in [6.45, 7) is 4.11. The van der Waals surface area contributed by atoms with Gasteiger partial charge < -0.3 is 25.3 Å². The van der Waals surface area contributed by atoms with Gasteiger partial charge in [0.1, 0.15) is 17.2 Å². The predicted octanol–water partition coefficient (Wildman–Crippen LogP) is 4.63. The third-order valence-corrected chi connectivity index (χ3v) is 5.29. The van der Waals surface area contributed by atoms with Crippen LogP contribution in [0.2, 0.25) is 0 Å². The topological polar surface area (TPSA) is 99.9 Å². The monoisotopic (exact) mass is 494 g/mol. The van der Waals surface area contributed by atoms with Crippen molar-refractivity contribution in [1.29, 1.82) is 0 Å². The first kappa shape index (κ1) is 28.4. The van der Waals surface area contributed by atoms with Crippen molar-refractivity contribution < 1.29 is 23.8 Å². The second-order valence-corrected chi connectivity index (χ2v) is 8.34. The minimum absolute atomic E-state index is 0. The molecule has 2 aromatic rings. The number of benzene rings is 2. The fourth-order valence-electron chi connectivity index (χ4n) is 2.62. The molecule has 0 saturated carbocycles. The van der Waals surface area contributed by atoms with Gasteiger partial charge in [0, 0.05) is 18.4 Å². The van der Waals surface area contributed by atoms with Gasteiger partial charge in [-0.2, -0.15) is 0 Å². The van der Waals surface area contributed by atoms with E-state index in [-0.39, 0.29) is 24.2 Å². The van der Waals surface area contributed by atoms with Gasteiger partial charge in [-0.05, 0) is 53.1 Å². The number of methoxy groups -OCH3 is 2. The molecule has 1 amide bonds. The van der Waals surface area contributed by atoms with Gasteiger partial charge >= 0.3 is 5.30 Å². The second-order valence-electron chi connectivity index (χ2n) is 7.31. The van der Waals surface area contributed by atoms with E-state index in [4.69, 9.17) is 19.9 Å². The minimum Gasteiger partial charge on any atom is -0.497 e. The molecule has 33 heavy (non-hydrogen) atoms. The number of ether oxygens (including phenoxy) is 3. The van der Waals surface area contributed by atoms with Crippen LogP contribution in [-0.2, 0) is 4.79 Å². The van der Waals surface area contributed by atoms with E-state index in [1.807, 2.05) is 56.3 Å². The van der Waals surface area contributed by atoms with Crippen molar-refractivity contribution in [1.82, 2.24) is 5.32 Å². The quantitative estimate of drug-likeness (QED) is 0.282. The van der Waals surface area contributed by atoms with Gasteiger partial charge in [-0.1, -0.05) is 38.1 Å². The number of nitrogens with one attached hydrogen (secondary N) is 1. The number of thioether (sulfide) groups is 1.